The van der Waals surface area contributed by atoms with Crippen molar-refractivity contribution in [2.75, 3.05) is 11.9 Å². The number of rotatable bonds is 5. The van der Waals surface area contributed by atoms with Crippen molar-refractivity contribution in [1.29, 1.82) is 0 Å². The molecule has 110 valence electrons. The number of benzene rings is 1. The maximum Gasteiger partial charge on any atom is 0.261 e. The van der Waals surface area contributed by atoms with E-state index in [9.17, 15) is 9.59 Å². The molecule has 0 fully saturated rings. The maximum atomic E-state index is 12.1. The lowest BCUT2D eigenvalue weighted by Crippen LogP contribution is -2.21. The van der Waals surface area contributed by atoms with Gasteiger partial charge in [0.05, 0.1) is 6.61 Å². The highest BCUT2D eigenvalue weighted by atomic mass is 16.5. The van der Waals surface area contributed by atoms with E-state index >= 15 is 0 Å². The predicted octanol–water partition coefficient (Wildman–Crippen LogP) is 2.72. The lowest BCUT2D eigenvalue weighted by molar-refractivity contribution is 0.102. The van der Waals surface area contributed by atoms with Crippen molar-refractivity contribution in [3.8, 4) is 5.75 Å². The number of amides is 1. The Labute approximate surface area is 123 Å². The highest BCUT2D eigenvalue weighted by Crippen LogP contribution is 2.17. The molecule has 5 nitrogen and oxygen atoms in total. The molecule has 21 heavy (non-hydrogen) atoms. The van der Waals surface area contributed by atoms with Crippen LogP contribution in [-0.4, -0.2) is 17.5 Å². The third-order valence-electron chi connectivity index (χ3n) is 2.87. The van der Waals surface area contributed by atoms with Crippen molar-refractivity contribution in [1.82, 2.24) is 4.98 Å². The normalized spacial score (nSPS) is 10.2. The number of nitrogens with one attached hydrogen (secondary N) is 2. The number of aryl methyl sites for hydroxylation is 1. The Balaban J connectivity index is 2.14. The van der Waals surface area contributed by atoms with Gasteiger partial charge in [0.15, 0.2) is 5.43 Å². The second kappa shape index (κ2) is 6.74. The van der Waals surface area contributed by atoms with E-state index in [1.165, 1.54) is 12.3 Å². The molecular formula is C16H18N2O3. The summed E-state index contributed by atoms with van der Waals surface area (Å²) in [5.74, 6) is 0.247. The molecule has 1 amide bonds. The molecule has 1 aromatic carbocycles. The largest absolute Gasteiger partial charge is 0.494 e. The van der Waals surface area contributed by atoms with E-state index < -0.39 is 5.91 Å². The molecule has 2 aromatic rings. The van der Waals surface area contributed by atoms with Gasteiger partial charge in [-0.15, -0.1) is 0 Å². The summed E-state index contributed by atoms with van der Waals surface area (Å²) >= 11 is 0. The van der Waals surface area contributed by atoms with E-state index in [-0.39, 0.29) is 11.0 Å². The van der Waals surface area contributed by atoms with Crippen LogP contribution in [0.1, 0.15) is 29.4 Å². The van der Waals surface area contributed by atoms with E-state index in [1.54, 1.807) is 25.1 Å². The minimum absolute atomic E-state index is 0.0838. The van der Waals surface area contributed by atoms with Crippen molar-refractivity contribution in [2.24, 2.45) is 0 Å². The molecule has 0 bridgehead atoms. The molecule has 0 atom stereocenters. The average Bonchev–Trinajstić information content (AvgIpc) is 2.45. The van der Waals surface area contributed by atoms with Gasteiger partial charge in [-0.1, -0.05) is 13.0 Å². The molecule has 1 heterocycles. The fourth-order valence-corrected chi connectivity index (χ4v) is 1.83. The first-order chi connectivity index (χ1) is 10.1. The quantitative estimate of drug-likeness (QED) is 0.887. The first kappa shape index (κ1) is 14.8. The number of anilines is 1. The number of H-pyrrole nitrogens is 1. The summed E-state index contributed by atoms with van der Waals surface area (Å²) < 4.78 is 5.50. The first-order valence-corrected chi connectivity index (χ1v) is 6.83. The van der Waals surface area contributed by atoms with Crippen LogP contribution in [0.25, 0.3) is 0 Å². The van der Waals surface area contributed by atoms with Crippen molar-refractivity contribution in [3.63, 3.8) is 0 Å². The van der Waals surface area contributed by atoms with Gasteiger partial charge in [0, 0.05) is 29.7 Å². The summed E-state index contributed by atoms with van der Waals surface area (Å²) in [5, 5.41) is 2.70. The third-order valence-corrected chi connectivity index (χ3v) is 2.87. The number of hydrogen-bond donors (Lipinski definition) is 2. The smallest absolute Gasteiger partial charge is 0.261 e. The fraction of sp³-hybridized carbons (Fsp3) is 0.250. The van der Waals surface area contributed by atoms with E-state index in [0.29, 0.717) is 23.7 Å². The number of aromatic amines is 1. The van der Waals surface area contributed by atoms with Crippen LogP contribution in [-0.2, 0) is 0 Å². The Morgan fingerprint density at radius 3 is 2.86 bits per heavy atom. The molecule has 0 saturated carbocycles. The van der Waals surface area contributed by atoms with Gasteiger partial charge in [-0.25, -0.2) is 0 Å². The SMILES string of the molecule is CCCOc1cccc(NC(=O)c2c[nH]c(C)cc2=O)c1. The summed E-state index contributed by atoms with van der Waals surface area (Å²) in [7, 11) is 0. The van der Waals surface area contributed by atoms with Gasteiger partial charge in [0.1, 0.15) is 11.3 Å². The molecule has 0 aliphatic rings. The summed E-state index contributed by atoms with van der Waals surface area (Å²) in [4.78, 5) is 26.7. The summed E-state index contributed by atoms with van der Waals surface area (Å²) in [6.07, 6.45) is 2.33. The lowest BCUT2D eigenvalue weighted by atomic mass is 10.2. The molecule has 5 heteroatoms. The number of pyridine rings is 1. The van der Waals surface area contributed by atoms with Gasteiger partial charge in [-0.3, -0.25) is 9.59 Å². The van der Waals surface area contributed by atoms with Crippen LogP contribution in [0.3, 0.4) is 0 Å². The monoisotopic (exact) mass is 286 g/mol. The first-order valence-electron chi connectivity index (χ1n) is 6.83. The lowest BCUT2D eigenvalue weighted by Gasteiger charge is -2.08. The Morgan fingerprint density at radius 2 is 2.14 bits per heavy atom. The Bertz CT molecular complexity index is 692. The molecule has 0 radical (unpaired) electrons. The van der Waals surface area contributed by atoms with Gasteiger partial charge >= 0.3 is 0 Å². The van der Waals surface area contributed by atoms with Crippen LogP contribution in [0.4, 0.5) is 5.69 Å². The molecule has 0 aliphatic carbocycles. The van der Waals surface area contributed by atoms with Crippen LogP contribution in [0, 0.1) is 6.92 Å². The van der Waals surface area contributed by atoms with Crippen molar-refractivity contribution in [3.05, 3.63) is 58.0 Å². The van der Waals surface area contributed by atoms with E-state index in [1.807, 2.05) is 13.0 Å². The molecular weight excluding hydrogens is 268 g/mol. The second-order valence-corrected chi connectivity index (χ2v) is 4.72. The Kier molecular flexibility index (Phi) is 4.77. The predicted molar refractivity (Wildman–Crippen MR) is 82.0 cm³/mol. The topological polar surface area (TPSA) is 71.2 Å². The summed E-state index contributed by atoms with van der Waals surface area (Å²) in [5.41, 5.74) is 1.09. The van der Waals surface area contributed by atoms with E-state index in [0.717, 1.165) is 6.42 Å². The molecule has 0 spiro atoms. The fourth-order valence-electron chi connectivity index (χ4n) is 1.83. The molecule has 2 rings (SSSR count). The highest BCUT2D eigenvalue weighted by molar-refractivity contribution is 6.04. The third kappa shape index (κ3) is 3.95. The van der Waals surface area contributed by atoms with E-state index in [2.05, 4.69) is 10.3 Å². The van der Waals surface area contributed by atoms with Gasteiger partial charge < -0.3 is 15.0 Å². The van der Waals surface area contributed by atoms with E-state index in [4.69, 9.17) is 4.74 Å². The van der Waals surface area contributed by atoms with Crippen molar-refractivity contribution in [2.45, 2.75) is 20.3 Å². The summed E-state index contributed by atoms with van der Waals surface area (Å²) in [6, 6.07) is 8.49. The van der Waals surface area contributed by atoms with Gasteiger partial charge in [-0.2, -0.15) is 0 Å². The molecule has 1 aromatic heterocycles. The van der Waals surface area contributed by atoms with Crippen LogP contribution in [0.15, 0.2) is 41.3 Å². The van der Waals surface area contributed by atoms with Crippen LogP contribution in [0.5, 0.6) is 5.75 Å². The zero-order valence-electron chi connectivity index (χ0n) is 12.1. The minimum atomic E-state index is -0.441. The van der Waals surface area contributed by atoms with Crippen molar-refractivity contribution >= 4 is 11.6 Å². The summed E-state index contributed by atoms with van der Waals surface area (Å²) in [6.45, 7) is 4.40. The molecule has 0 saturated heterocycles. The van der Waals surface area contributed by atoms with Gasteiger partial charge in [0.2, 0.25) is 0 Å². The molecule has 0 unspecified atom stereocenters. The Hall–Kier alpha value is -2.56. The highest BCUT2D eigenvalue weighted by Gasteiger charge is 2.10. The number of carbonyl (C=O) groups is 1. The van der Waals surface area contributed by atoms with Crippen LogP contribution < -0.4 is 15.5 Å². The number of aromatic nitrogens is 1. The van der Waals surface area contributed by atoms with Gasteiger partial charge in [-0.05, 0) is 25.5 Å². The second-order valence-electron chi connectivity index (χ2n) is 4.72. The Morgan fingerprint density at radius 1 is 1.33 bits per heavy atom. The maximum absolute atomic E-state index is 12.1. The van der Waals surface area contributed by atoms with Crippen LogP contribution in [0.2, 0.25) is 0 Å². The van der Waals surface area contributed by atoms with Crippen LogP contribution >= 0.6 is 0 Å². The zero-order valence-corrected chi connectivity index (χ0v) is 12.1. The van der Waals surface area contributed by atoms with Crippen molar-refractivity contribution < 1.29 is 9.53 Å². The minimum Gasteiger partial charge on any atom is -0.494 e. The standard InChI is InChI=1S/C16H18N2O3/c1-3-7-21-13-6-4-5-12(9-13)18-16(20)14-10-17-11(2)8-15(14)19/h4-6,8-10H,3,7H2,1-2H3,(H,17,19)(H,18,20). The zero-order chi connectivity index (χ0) is 15.2. The number of hydrogen-bond acceptors (Lipinski definition) is 3. The number of carbonyl (C=O) groups excluding carboxylic acids is 1. The number of ether oxygens (including phenoxy) is 1. The average molecular weight is 286 g/mol. The molecule has 0 aliphatic heterocycles. The molecule has 2 N–H and O–H groups in total. The van der Waals surface area contributed by atoms with Gasteiger partial charge in [0.25, 0.3) is 5.91 Å².